The Morgan fingerprint density at radius 2 is 2.24 bits per heavy atom. The lowest BCUT2D eigenvalue weighted by atomic mass is 9.91. The van der Waals surface area contributed by atoms with E-state index in [1.807, 2.05) is 0 Å². The van der Waals surface area contributed by atoms with Crippen molar-refractivity contribution in [3.8, 4) is 0 Å². The highest BCUT2D eigenvalue weighted by molar-refractivity contribution is 5.51. The van der Waals surface area contributed by atoms with Gasteiger partial charge in [0.05, 0.1) is 11.0 Å². The van der Waals surface area contributed by atoms with Crippen molar-refractivity contribution < 1.29 is 4.92 Å². The van der Waals surface area contributed by atoms with Crippen molar-refractivity contribution >= 4 is 11.5 Å². The van der Waals surface area contributed by atoms with Gasteiger partial charge in [-0.1, -0.05) is 20.8 Å². The zero-order valence-corrected chi connectivity index (χ0v) is 10.4. The Kier molecular flexibility index (Phi) is 2.60. The summed E-state index contributed by atoms with van der Waals surface area (Å²) in [6.45, 7) is 6.56. The molecule has 1 aromatic heterocycles. The topological polar surface area (TPSA) is 87.0 Å². The second-order valence-corrected chi connectivity index (χ2v) is 5.73. The van der Waals surface area contributed by atoms with Gasteiger partial charge in [0.25, 0.3) is 0 Å². The maximum Gasteiger partial charge on any atom is 0.330 e. The van der Waals surface area contributed by atoms with Crippen molar-refractivity contribution in [2.24, 2.45) is 11.3 Å². The maximum atomic E-state index is 10.7. The third-order valence-corrected chi connectivity index (χ3v) is 3.62. The molecule has 0 bridgehead atoms. The summed E-state index contributed by atoms with van der Waals surface area (Å²) in [6, 6.07) is 0.165. The average Bonchev–Trinajstić information content (AvgIpc) is 2.66. The van der Waals surface area contributed by atoms with E-state index in [9.17, 15) is 10.1 Å². The number of anilines is 1. The molecule has 1 fully saturated rings. The molecule has 94 valence electrons. The smallest absolute Gasteiger partial charge is 0.330 e. The lowest BCUT2D eigenvalue weighted by Crippen LogP contribution is -2.16. The molecule has 17 heavy (non-hydrogen) atoms. The van der Waals surface area contributed by atoms with Gasteiger partial charge in [-0.3, -0.25) is 10.1 Å². The van der Waals surface area contributed by atoms with Crippen LogP contribution in [-0.2, 0) is 0 Å². The first kappa shape index (κ1) is 11.9. The maximum absolute atomic E-state index is 10.7. The molecule has 1 saturated carbocycles. The van der Waals surface area contributed by atoms with Gasteiger partial charge in [-0.15, -0.1) is 0 Å². The van der Waals surface area contributed by atoms with Crippen LogP contribution in [0.15, 0.2) is 6.20 Å². The highest BCUT2D eigenvalue weighted by Gasteiger charge is 2.39. The van der Waals surface area contributed by atoms with Crippen LogP contribution in [0, 0.1) is 21.4 Å². The van der Waals surface area contributed by atoms with E-state index >= 15 is 0 Å². The molecule has 0 aliphatic heterocycles. The Hall–Kier alpha value is -1.59. The number of aromatic nitrogens is 2. The van der Waals surface area contributed by atoms with E-state index < -0.39 is 4.92 Å². The van der Waals surface area contributed by atoms with Gasteiger partial charge in [-0.2, -0.15) is 5.10 Å². The SMILES string of the molecule is CC1CC(C)(C)CC1n1ncc([N+](=O)[O-])c1N. The highest BCUT2D eigenvalue weighted by Crippen LogP contribution is 2.48. The van der Waals surface area contributed by atoms with E-state index in [0.29, 0.717) is 5.92 Å². The van der Waals surface area contributed by atoms with Crippen LogP contribution in [0.2, 0.25) is 0 Å². The van der Waals surface area contributed by atoms with Crippen LogP contribution in [0.1, 0.15) is 39.7 Å². The molecule has 0 radical (unpaired) electrons. The molecular formula is C11H18N4O2. The summed E-state index contributed by atoms with van der Waals surface area (Å²) in [4.78, 5) is 10.2. The minimum absolute atomic E-state index is 0.0955. The van der Waals surface area contributed by atoms with E-state index in [-0.39, 0.29) is 23.0 Å². The predicted octanol–water partition coefficient (Wildman–Crippen LogP) is 2.37. The van der Waals surface area contributed by atoms with Crippen LogP contribution in [0.5, 0.6) is 0 Å². The van der Waals surface area contributed by atoms with E-state index in [1.54, 1.807) is 4.68 Å². The fourth-order valence-electron chi connectivity index (χ4n) is 2.95. The normalized spacial score (nSPS) is 27.2. The van der Waals surface area contributed by atoms with Gasteiger partial charge < -0.3 is 5.73 Å². The molecule has 1 aliphatic carbocycles. The number of nitrogens with two attached hydrogens (primary N) is 1. The van der Waals surface area contributed by atoms with Gasteiger partial charge in [0.15, 0.2) is 0 Å². The van der Waals surface area contributed by atoms with Crippen molar-refractivity contribution in [3.05, 3.63) is 16.3 Å². The molecule has 0 saturated heterocycles. The lowest BCUT2D eigenvalue weighted by molar-refractivity contribution is -0.384. The van der Waals surface area contributed by atoms with Crippen LogP contribution in [0.4, 0.5) is 11.5 Å². The average molecular weight is 238 g/mol. The Morgan fingerprint density at radius 3 is 2.65 bits per heavy atom. The van der Waals surface area contributed by atoms with Gasteiger partial charge in [-0.05, 0) is 24.2 Å². The molecule has 2 unspecified atom stereocenters. The molecule has 6 heteroatoms. The van der Waals surface area contributed by atoms with Crippen LogP contribution in [0.3, 0.4) is 0 Å². The summed E-state index contributed by atoms with van der Waals surface area (Å²) in [5, 5.41) is 14.8. The zero-order valence-electron chi connectivity index (χ0n) is 10.4. The number of hydrogen-bond acceptors (Lipinski definition) is 4. The van der Waals surface area contributed by atoms with Crippen molar-refractivity contribution in [2.75, 3.05) is 5.73 Å². The second kappa shape index (κ2) is 3.72. The Bertz CT molecular complexity index is 452. The molecule has 2 N–H and O–H groups in total. The standard InChI is InChI=1S/C11H18N4O2/c1-7-4-11(2,3)5-8(7)14-10(12)9(6-13-14)15(16)17/h6-8H,4-5,12H2,1-3H3. The second-order valence-electron chi connectivity index (χ2n) is 5.73. The Labute approximate surface area is 99.9 Å². The number of rotatable bonds is 2. The van der Waals surface area contributed by atoms with Crippen LogP contribution >= 0.6 is 0 Å². The van der Waals surface area contributed by atoms with Gasteiger partial charge >= 0.3 is 5.69 Å². The summed E-state index contributed by atoms with van der Waals surface area (Å²) >= 11 is 0. The zero-order chi connectivity index (χ0) is 12.8. The van der Waals surface area contributed by atoms with Crippen LogP contribution in [0.25, 0.3) is 0 Å². The quantitative estimate of drug-likeness (QED) is 0.633. The molecular weight excluding hydrogens is 220 g/mol. The number of nitro groups is 1. The van der Waals surface area contributed by atoms with Crippen molar-refractivity contribution in [1.29, 1.82) is 0 Å². The monoisotopic (exact) mass is 238 g/mol. The summed E-state index contributed by atoms with van der Waals surface area (Å²) < 4.78 is 1.62. The lowest BCUT2D eigenvalue weighted by Gasteiger charge is -2.18. The minimum atomic E-state index is -0.483. The van der Waals surface area contributed by atoms with Gasteiger partial charge in [0, 0.05) is 0 Å². The summed E-state index contributed by atoms with van der Waals surface area (Å²) in [6.07, 6.45) is 3.29. The third kappa shape index (κ3) is 1.99. The van der Waals surface area contributed by atoms with Crippen molar-refractivity contribution in [1.82, 2.24) is 9.78 Å². The van der Waals surface area contributed by atoms with Gasteiger partial charge in [0.2, 0.25) is 5.82 Å². The fourth-order valence-corrected chi connectivity index (χ4v) is 2.95. The van der Waals surface area contributed by atoms with Crippen molar-refractivity contribution in [3.63, 3.8) is 0 Å². The van der Waals surface area contributed by atoms with E-state index in [1.165, 1.54) is 6.20 Å². The summed E-state index contributed by atoms with van der Waals surface area (Å²) in [5.41, 5.74) is 5.95. The molecule has 2 rings (SSSR count). The molecule has 0 amide bonds. The van der Waals surface area contributed by atoms with Crippen LogP contribution < -0.4 is 5.73 Å². The number of nitrogens with zero attached hydrogens (tertiary/aromatic N) is 3. The molecule has 0 spiro atoms. The number of hydrogen-bond donors (Lipinski definition) is 1. The van der Waals surface area contributed by atoms with E-state index in [2.05, 4.69) is 25.9 Å². The third-order valence-electron chi connectivity index (χ3n) is 3.62. The first-order chi connectivity index (χ1) is 7.82. The summed E-state index contributed by atoms with van der Waals surface area (Å²) in [5.74, 6) is 0.608. The van der Waals surface area contributed by atoms with Crippen LogP contribution in [-0.4, -0.2) is 14.7 Å². The molecule has 6 nitrogen and oxygen atoms in total. The Balaban J connectivity index is 2.33. The molecule has 1 aliphatic rings. The molecule has 2 atom stereocenters. The highest BCUT2D eigenvalue weighted by atomic mass is 16.6. The summed E-state index contributed by atoms with van der Waals surface area (Å²) in [7, 11) is 0. The molecule has 1 heterocycles. The predicted molar refractivity (Wildman–Crippen MR) is 64.5 cm³/mol. The molecule has 1 aromatic rings. The fraction of sp³-hybridized carbons (Fsp3) is 0.727. The van der Waals surface area contributed by atoms with E-state index in [0.717, 1.165) is 12.8 Å². The van der Waals surface area contributed by atoms with E-state index in [4.69, 9.17) is 5.73 Å². The Morgan fingerprint density at radius 1 is 1.59 bits per heavy atom. The largest absolute Gasteiger partial charge is 0.378 e. The van der Waals surface area contributed by atoms with Crippen molar-refractivity contribution in [2.45, 2.75) is 39.7 Å². The van der Waals surface area contributed by atoms with Gasteiger partial charge in [-0.25, -0.2) is 4.68 Å². The molecule has 0 aromatic carbocycles. The first-order valence-corrected chi connectivity index (χ1v) is 5.79. The number of nitrogen functional groups attached to an aromatic ring is 1. The first-order valence-electron chi connectivity index (χ1n) is 5.79. The van der Waals surface area contributed by atoms with Gasteiger partial charge in [0.1, 0.15) is 6.20 Å². The minimum Gasteiger partial charge on any atom is -0.378 e.